The molecule has 1 saturated heterocycles. The number of nitrogens with one attached hydrogen (secondary N) is 3. The molecule has 6 rings (SSSR count). The molecule has 0 spiro atoms. The topological polar surface area (TPSA) is 156 Å². The van der Waals surface area contributed by atoms with Crippen LogP contribution in [0.2, 0.25) is 0 Å². The van der Waals surface area contributed by atoms with E-state index in [1.54, 1.807) is 19.2 Å². The summed E-state index contributed by atoms with van der Waals surface area (Å²) in [7, 11) is 1.33. The van der Waals surface area contributed by atoms with Crippen LogP contribution < -0.4 is 20.9 Å². The van der Waals surface area contributed by atoms with Gasteiger partial charge in [-0.25, -0.2) is 19.7 Å². The standard InChI is InChI=1S/C29H35N9O4/c1-18-33-27(37-42-18)26-30-14-22(15-31-26)38-12-6-9-21(17-38)34-23-10-3-4-11-24(23)36-28-32-16-25(41-28)19-7-5-8-20(13-19)35-29(39)40-2/h5,7-8,13-16,21,23-24,34H,3-4,6,9-12,17H2,1-2H3,(H,32,36)(H,35,39)/t21-,23+,24+/m0/s1. The highest BCUT2D eigenvalue weighted by molar-refractivity contribution is 5.85. The molecule has 13 heteroatoms. The molecule has 220 valence electrons. The molecule has 0 bridgehead atoms. The summed E-state index contributed by atoms with van der Waals surface area (Å²) < 4.78 is 15.8. The van der Waals surface area contributed by atoms with Crippen LogP contribution in [0.5, 0.6) is 0 Å². The van der Waals surface area contributed by atoms with Gasteiger partial charge in [0.2, 0.25) is 17.5 Å². The molecule has 1 aromatic carbocycles. The van der Waals surface area contributed by atoms with Crippen molar-refractivity contribution in [3.8, 4) is 23.0 Å². The number of hydrogen-bond acceptors (Lipinski definition) is 12. The molecule has 4 heterocycles. The van der Waals surface area contributed by atoms with Crippen LogP contribution >= 0.6 is 0 Å². The van der Waals surface area contributed by atoms with E-state index in [4.69, 9.17) is 8.94 Å². The number of nitrogens with zero attached hydrogens (tertiary/aromatic N) is 6. The fourth-order valence-corrected chi connectivity index (χ4v) is 5.70. The number of carbonyl (C=O) groups is 1. The van der Waals surface area contributed by atoms with Gasteiger partial charge >= 0.3 is 6.09 Å². The molecule has 3 N–H and O–H groups in total. The van der Waals surface area contributed by atoms with Gasteiger partial charge in [0.1, 0.15) is 0 Å². The Bertz CT molecular complexity index is 1490. The number of carbonyl (C=O) groups excluding carboxylic acids is 1. The highest BCUT2D eigenvalue weighted by Crippen LogP contribution is 2.29. The third kappa shape index (κ3) is 6.51. The Labute approximate surface area is 243 Å². The zero-order chi connectivity index (χ0) is 28.9. The maximum atomic E-state index is 11.6. The molecule has 3 aromatic heterocycles. The summed E-state index contributed by atoms with van der Waals surface area (Å²) in [6.45, 7) is 3.59. The van der Waals surface area contributed by atoms with Gasteiger partial charge in [-0.2, -0.15) is 4.98 Å². The Morgan fingerprint density at radius 2 is 1.86 bits per heavy atom. The summed E-state index contributed by atoms with van der Waals surface area (Å²) in [5.74, 6) is 1.96. The Balaban J connectivity index is 1.07. The second kappa shape index (κ2) is 12.6. The lowest BCUT2D eigenvalue weighted by molar-refractivity contribution is 0.187. The number of anilines is 3. The van der Waals surface area contributed by atoms with E-state index in [9.17, 15) is 4.79 Å². The average molecular weight is 574 g/mol. The summed E-state index contributed by atoms with van der Waals surface area (Å²) in [5, 5.41) is 14.1. The number of benzene rings is 1. The summed E-state index contributed by atoms with van der Waals surface area (Å²) in [4.78, 5) is 31.6. The normalized spacial score (nSPS) is 20.7. The van der Waals surface area contributed by atoms with Gasteiger partial charge in [0, 0.05) is 49.4 Å². The Morgan fingerprint density at radius 3 is 2.64 bits per heavy atom. The minimum atomic E-state index is -0.522. The van der Waals surface area contributed by atoms with Gasteiger partial charge in [0.05, 0.1) is 31.4 Å². The van der Waals surface area contributed by atoms with Crippen LogP contribution in [0.15, 0.2) is 51.8 Å². The SMILES string of the molecule is COC(=O)Nc1cccc(-c2cnc(N[C@@H]3CCCC[C@H]3N[C@H]3CCCN(c4cnc(-c5noc(C)n5)nc4)C3)o2)c1. The fraction of sp³-hybridized carbons (Fsp3) is 0.448. The number of oxazole rings is 1. The molecule has 42 heavy (non-hydrogen) atoms. The van der Waals surface area contributed by atoms with Gasteiger partial charge in [-0.05, 0) is 37.8 Å². The monoisotopic (exact) mass is 573 g/mol. The summed E-state index contributed by atoms with van der Waals surface area (Å²) >= 11 is 0. The fourth-order valence-electron chi connectivity index (χ4n) is 5.70. The van der Waals surface area contributed by atoms with Crippen molar-refractivity contribution < 1.29 is 18.5 Å². The predicted octanol–water partition coefficient (Wildman–Crippen LogP) is 4.65. The number of amides is 1. The van der Waals surface area contributed by atoms with Crippen LogP contribution in [0.25, 0.3) is 23.0 Å². The maximum Gasteiger partial charge on any atom is 0.411 e. The van der Waals surface area contributed by atoms with Crippen molar-refractivity contribution in [1.29, 1.82) is 0 Å². The molecule has 2 fully saturated rings. The Kier molecular flexibility index (Phi) is 8.26. The lowest BCUT2D eigenvalue weighted by Crippen LogP contribution is -2.54. The minimum absolute atomic E-state index is 0.203. The second-order valence-electron chi connectivity index (χ2n) is 10.7. The zero-order valence-corrected chi connectivity index (χ0v) is 23.7. The van der Waals surface area contributed by atoms with Crippen molar-refractivity contribution in [1.82, 2.24) is 30.4 Å². The number of ether oxygens (including phenoxy) is 1. The van der Waals surface area contributed by atoms with Gasteiger partial charge in [-0.3, -0.25) is 5.32 Å². The van der Waals surface area contributed by atoms with Crippen LogP contribution in [0.1, 0.15) is 44.4 Å². The Morgan fingerprint density at radius 1 is 1.02 bits per heavy atom. The van der Waals surface area contributed by atoms with E-state index >= 15 is 0 Å². The van der Waals surface area contributed by atoms with E-state index in [-0.39, 0.29) is 6.04 Å². The molecule has 3 atom stereocenters. The molecule has 1 aliphatic carbocycles. The number of piperidine rings is 1. The number of aromatic nitrogens is 5. The van der Waals surface area contributed by atoms with Crippen molar-refractivity contribution in [2.45, 2.75) is 63.6 Å². The van der Waals surface area contributed by atoms with E-state index < -0.39 is 6.09 Å². The predicted molar refractivity (Wildman–Crippen MR) is 156 cm³/mol. The molecule has 2 aliphatic rings. The second-order valence-corrected chi connectivity index (χ2v) is 10.7. The van der Waals surface area contributed by atoms with E-state index in [0.717, 1.165) is 56.4 Å². The molecule has 1 saturated carbocycles. The van der Waals surface area contributed by atoms with Gasteiger partial charge < -0.3 is 29.2 Å². The van der Waals surface area contributed by atoms with E-state index in [1.165, 1.54) is 13.5 Å². The molecule has 13 nitrogen and oxygen atoms in total. The molecule has 4 aromatic rings. The van der Waals surface area contributed by atoms with Crippen molar-refractivity contribution in [2.24, 2.45) is 0 Å². The largest absolute Gasteiger partial charge is 0.453 e. The third-order valence-electron chi connectivity index (χ3n) is 7.76. The number of methoxy groups -OCH3 is 1. The number of aryl methyl sites for hydroxylation is 1. The number of hydrogen-bond donors (Lipinski definition) is 3. The summed E-state index contributed by atoms with van der Waals surface area (Å²) in [6, 6.07) is 8.72. The van der Waals surface area contributed by atoms with Crippen LogP contribution in [0.3, 0.4) is 0 Å². The molecule has 0 radical (unpaired) electrons. The first-order valence-corrected chi connectivity index (χ1v) is 14.4. The van der Waals surface area contributed by atoms with E-state index in [1.807, 2.05) is 30.6 Å². The molecular formula is C29H35N9O4. The minimum Gasteiger partial charge on any atom is -0.453 e. The van der Waals surface area contributed by atoms with Gasteiger partial charge in [0.25, 0.3) is 6.01 Å². The van der Waals surface area contributed by atoms with Gasteiger partial charge in [0.15, 0.2) is 5.76 Å². The first kappa shape index (κ1) is 27.6. The van der Waals surface area contributed by atoms with Crippen LogP contribution in [-0.4, -0.2) is 69.5 Å². The molecule has 1 amide bonds. The quantitative estimate of drug-likeness (QED) is 0.268. The van der Waals surface area contributed by atoms with Crippen molar-refractivity contribution in [3.63, 3.8) is 0 Å². The van der Waals surface area contributed by atoms with Crippen molar-refractivity contribution in [3.05, 3.63) is 48.7 Å². The lowest BCUT2D eigenvalue weighted by Gasteiger charge is -2.40. The van der Waals surface area contributed by atoms with Crippen LogP contribution in [0.4, 0.5) is 22.2 Å². The molecular weight excluding hydrogens is 538 g/mol. The maximum absolute atomic E-state index is 11.6. The van der Waals surface area contributed by atoms with E-state index in [2.05, 4.69) is 50.7 Å². The molecule has 1 aliphatic heterocycles. The molecule has 0 unspecified atom stereocenters. The van der Waals surface area contributed by atoms with Gasteiger partial charge in [-0.15, -0.1) is 0 Å². The first-order valence-electron chi connectivity index (χ1n) is 14.4. The van der Waals surface area contributed by atoms with Crippen LogP contribution in [-0.2, 0) is 4.74 Å². The first-order chi connectivity index (χ1) is 20.5. The highest BCUT2D eigenvalue weighted by atomic mass is 16.5. The van der Waals surface area contributed by atoms with Crippen LogP contribution in [0, 0.1) is 6.92 Å². The third-order valence-corrected chi connectivity index (χ3v) is 7.76. The highest BCUT2D eigenvalue weighted by Gasteiger charge is 2.30. The van der Waals surface area contributed by atoms with Crippen molar-refractivity contribution >= 4 is 23.5 Å². The van der Waals surface area contributed by atoms with E-state index in [0.29, 0.717) is 47.1 Å². The lowest BCUT2D eigenvalue weighted by atomic mass is 9.89. The average Bonchev–Trinajstić information content (AvgIpc) is 3.68. The smallest absolute Gasteiger partial charge is 0.411 e. The summed E-state index contributed by atoms with van der Waals surface area (Å²) in [5.41, 5.74) is 2.42. The van der Waals surface area contributed by atoms with Crippen molar-refractivity contribution in [2.75, 3.05) is 35.7 Å². The van der Waals surface area contributed by atoms with Gasteiger partial charge in [-0.1, -0.05) is 30.1 Å². The zero-order valence-electron chi connectivity index (χ0n) is 23.7. The Hall–Kier alpha value is -4.52. The summed E-state index contributed by atoms with van der Waals surface area (Å²) in [6.07, 6.45) is 11.5. The number of rotatable bonds is 8.